The van der Waals surface area contributed by atoms with E-state index >= 15 is 0 Å². The van der Waals surface area contributed by atoms with E-state index in [0.717, 1.165) is 18.9 Å². The summed E-state index contributed by atoms with van der Waals surface area (Å²) in [4.78, 5) is 0. The molecule has 2 nitrogen and oxygen atoms in total. The first kappa shape index (κ1) is 6.49. The lowest BCUT2D eigenvalue weighted by atomic mass is 9.83. The van der Waals surface area contributed by atoms with E-state index in [0.29, 0.717) is 0 Å². The first-order chi connectivity index (χ1) is 5.91. The van der Waals surface area contributed by atoms with E-state index in [1.165, 1.54) is 12.0 Å². The first-order valence-corrected chi connectivity index (χ1v) is 4.38. The molecule has 0 radical (unpaired) electrons. The zero-order valence-electron chi connectivity index (χ0n) is 6.84. The normalized spacial score (nSPS) is 31.0. The lowest BCUT2D eigenvalue weighted by molar-refractivity contribution is 0.154. The highest BCUT2D eigenvalue weighted by Gasteiger charge is 2.44. The molecule has 2 aliphatic heterocycles. The predicted molar refractivity (Wildman–Crippen MR) is 46.2 cm³/mol. The van der Waals surface area contributed by atoms with Crippen LogP contribution in [0.4, 0.5) is 0 Å². The van der Waals surface area contributed by atoms with Gasteiger partial charge in [0.05, 0.1) is 5.54 Å². The third-order valence-corrected chi connectivity index (χ3v) is 2.89. The van der Waals surface area contributed by atoms with Crippen molar-refractivity contribution in [3.63, 3.8) is 0 Å². The monoisotopic (exact) mass is 161 g/mol. The number of ether oxygens (including phenoxy) is 1. The van der Waals surface area contributed by atoms with Crippen LogP contribution < -0.4 is 10.1 Å². The van der Waals surface area contributed by atoms with Crippen LogP contribution in [0.15, 0.2) is 24.3 Å². The van der Waals surface area contributed by atoms with Gasteiger partial charge in [-0.2, -0.15) is 0 Å². The number of fused-ring (bicyclic) bond motifs is 2. The van der Waals surface area contributed by atoms with Gasteiger partial charge < -0.3 is 10.1 Å². The third kappa shape index (κ3) is 0.636. The molecule has 2 heteroatoms. The van der Waals surface area contributed by atoms with Gasteiger partial charge in [-0.1, -0.05) is 18.2 Å². The summed E-state index contributed by atoms with van der Waals surface area (Å²) in [7, 11) is 0. The summed E-state index contributed by atoms with van der Waals surface area (Å²) in [5.41, 5.74) is 1.52. The van der Waals surface area contributed by atoms with Crippen molar-refractivity contribution in [2.24, 2.45) is 0 Å². The summed E-state index contributed by atoms with van der Waals surface area (Å²) < 4.78 is 5.59. The zero-order chi connectivity index (χ0) is 8.02. The second kappa shape index (κ2) is 2.02. The quantitative estimate of drug-likeness (QED) is 0.618. The summed E-state index contributed by atoms with van der Waals surface area (Å²) >= 11 is 0. The fourth-order valence-electron chi connectivity index (χ4n) is 2.05. The molecule has 2 heterocycles. The Morgan fingerprint density at radius 2 is 2.17 bits per heavy atom. The van der Waals surface area contributed by atoms with Crippen LogP contribution in [0.3, 0.4) is 0 Å². The van der Waals surface area contributed by atoms with Gasteiger partial charge in [0.15, 0.2) is 0 Å². The Morgan fingerprint density at radius 3 is 2.92 bits per heavy atom. The van der Waals surface area contributed by atoms with E-state index < -0.39 is 0 Å². The molecule has 0 saturated carbocycles. The Morgan fingerprint density at radius 1 is 1.33 bits per heavy atom. The second-order valence-electron chi connectivity index (χ2n) is 3.54. The molecule has 0 unspecified atom stereocenters. The van der Waals surface area contributed by atoms with E-state index in [9.17, 15) is 0 Å². The van der Waals surface area contributed by atoms with Crippen LogP contribution in [0.2, 0.25) is 0 Å². The van der Waals surface area contributed by atoms with Crippen LogP contribution >= 0.6 is 0 Å². The molecule has 0 aliphatic carbocycles. The third-order valence-electron chi connectivity index (χ3n) is 2.89. The van der Waals surface area contributed by atoms with Crippen molar-refractivity contribution in [1.82, 2.24) is 5.32 Å². The summed E-state index contributed by atoms with van der Waals surface area (Å²) in [5, 5.41) is 3.45. The fourth-order valence-corrected chi connectivity index (χ4v) is 2.05. The average Bonchev–Trinajstić information content (AvgIpc) is 2.42. The Bertz CT molecular complexity index is 317. The van der Waals surface area contributed by atoms with Gasteiger partial charge in [0.25, 0.3) is 0 Å². The highest BCUT2D eigenvalue weighted by Crippen LogP contribution is 2.42. The van der Waals surface area contributed by atoms with Gasteiger partial charge in [0.2, 0.25) is 0 Å². The summed E-state index contributed by atoms with van der Waals surface area (Å²) in [6, 6.07) is 8.31. The molecule has 1 saturated heterocycles. The largest absolute Gasteiger partial charge is 0.491 e. The van der Waals surface area contributed by atoms with E-state index in [-0.39, 0.29) is 5.54 Å². The number of benzene rings is 1. The number of rotatable bonds is 0. The lowest BCUT2D eigenvalue weighted by Gasteiger charge is -2.38. The minimum absolute atomic E-state index is 0.177. The molecule has 1 spiro atoms. The molecule has 2 aliphatic rings. The number of hydrogen-bond acceptors (Lipinski definition) is 2. The number of para-hydroxylation sites is 1. The standard InChI is InChI=1S/C10H11NO/c1-2-4-9-8(3-1)10(7-12-9)5-6-11-10/h1-4,11H,5-7H2/t10-/m1/s1. The maximum Gasteiger partial charge on any atom is 0.124 e. The first-order valence-electron chi connectivity index (χ1n) is 4.38. The summed E-state index contributed by atoms with van der Waals surface area (Å²) in [5.74, 6) is 1.06. The summed E-state index contributed by atoms with van der Waals surface area (Å²) in [6.07, 6.45) is 1.21. The molecule has 0 aromatic heterocycles. The maximum atomic E-state index is 5.59. The van der Waals surface area contributed by atoms with E-state index in [1.807, 2.05) is 12.1 Å². The van der Waals surface area contributed by atoms with Crippen molar-refractivity contribution >= 4 is 0 Å². The van der Waals surface area contributed by atoms with Gasteiger partial charge in [-0.05, 0) is 19.0 Å². The van der Waals surface area contributed by atoms with Crippen molar-refractivity contribution in [1.29, 1.82) is 0 Å². The van der Waals surface area contributed by atoms with Crippen LogP contribution in [0, 0.1) is 0 Å². The predicted octanol–water partition coefficient (Wildman–Crippen LogP) is 1.27. The maximum absolute atomic E-state index is 5.59. The van der Waals surface area contributed by atoms with Crippen molar-refractivity contribution < 1.29 is 4.74 Å². The van der Waals surface area contributed by atoms with Crippen LogP contribution in [-0.4, -0.2) is 13.2 Å². The minimum Gasteiger partial charge on any atom is -0.491 e. The van der Waals surface area contributed by atoms with Crippen molar-refractivity contribution in [2.75, 3.05) is 13.2 Å². The Labute approximate surface area is 71.5 Å². The molecule has 3 rings (SSSR count). The molecule has 62 valence electrons. The topological polar surface area (TPSA) is 21.3 Å². The highest BCUT2D eigenvalue weighted by molar-refractivity contribution is 5.44. The van der Waals surface area contributed by atoms with E-state index in [1.54, 1.807) is 0 Å². The highest BCUT2D eigenvalue weighted by atomic mass is 16.5. The second-order valence-corrected chi connectivity index (χ2v) is 3.54. The van der Waals surface area contributed by atoms with E-state index in [2.05, 4.69) is 17.4 Å². The molecule has 0 amide bonds. The van der Waals surface area contributed by atoms with Crippen LogP contribution in [0.5, 0.6) is 5.75 Å². The van der Waals surface area contributed by atoms with Crippen LogP contribution in [-0.2, 0) is 5.54 Å². The Balaban J connectivity index is 2.13. The molecule has 1 aromatic rings. The Hall–Kier alpha value is -1.02. The lowest BCUT2D eigenvalue weighted by Crippen LogP contribution is -2.55. The molecule has 1 atom stereocenters. The van der Waals surface area contributed by atoms with E-state index in [4.69, 9.17) is 4.74 Å². The molecule has 1 fully saturated rings. The summed E-state index contributed by atoms with van der Waals surface area (Å²) in [6.45, 7) is 1.93. The molecule has 12 heavy (non-hydrogen) atoms. The average molecular weight is 161 g/mol. The van der Waals surface area contributed by atoms with Crippen LogP contribution in [0.1, 0.15) is 12.0 Å². The van der Waals surface area contributed by atoms with Gasteiger partial charge in [0, 0.05) is 5.56 Å². The van der Waals surface area contributed by atoms with Crippen molar-refractivity contribution in [2.45, 2.75) is 12.0 Å². The molecule has 1 aromatic carbocycles. The Kier molecular flexibility index (Phi) is 1.09. The van der Waals surface area contributed by atoms with Gasteiger partial charge >= 0.3 is 0 Å². The molecule has 1 N–H and O–H groups in total. The number of hydrogen-bond donors (Lipinski definition) is 1. The van der Waals surface area contributed by atoms with Gasteiger partial charge in [0.1, 0.15) is 12.4 Å². The molecular formula is C10H11NO. The van der Waals surface area contributed by atoms with Gasteiger partial charge in [-0.25, -0.2) is 0 Å². The molecular weight excluding hydrogens is 150 g/mol. The van der Waals surface area contributed by atoms with Gasteiger partial charge in [-0.15, -0.1) is 0 Å². The van der Waals surface area contributed by atoms with Gasteiger partial charge in [-0.3, -0.25) is 0 Å². The fraction of sp³-hybridized carbons (Fsp3) is 0.400. The van der Waals surface area contributed by atoms with Crippen LogP contribution in [0.25, 0.3) is 0 Å². The zero-order valence-corrected chi connectivity index (χ0v) is 6.84. The smallest absolute Gasteiger partial charge is 0.124 e. The SMILES string of the molecule is c1ccc2c(c1)OC[C@]21CCN1. The number of nitrogens with one attached hydrogen (secondary N) is 1. The van der Waals surface area contributed by atoms with Crippen molar-refractivity contribution in [3.8, 4) is 5.75 Å². The van der Waals surface area contributed by atoms with Crippen molar-refractivity contribution in [3.05, 3.63) is 29.8 Å². The minimum atomic E-state index is 0.177. The molecule has 0 bridgehead atoms.